The van der Waals surface area contributed by atoms with Gasteiger partial charge in [-0.2, -0.15) is 0 Å². The zero-order chi connectivity index (χ0) is 19.3. The Morgan fingerprint density at radius 1 is 1.00 bits per heavy atom. The highest BCUT2D eigenvalue weighted by molar-refractivity contribution is 5.83. The lowest BCUT2D eigenvalue weighted by Crippen LogP contribution is -2.13. The van der Waals surface area contributed by atoms with Crippen molar-refractivity contribution in [2.45, 2.75) is 12.6 Å². The maximum Gasteiger partial charge on any atom is 0.323 e. The van der Waals surface area contributed by atoms with E-state index in [2.05, 4.69) is 20.4 Å². The summed E-state index contributed by atoms with van der Waals surface area (Å²) in [4.78, 5) is 29.5. The molecule has 0 fully saturated rings. The Balaban J connectivity index is 1.63. The molecule has 140 valence electrons. The third kappa shape index (κ3) is 3.67. The molecule has 28 heavy (non-hydrogen) atoms. The van der Waals surface area contributed by atoms with E-state index in [9.17, 15) is 4.79 Å². The smallest absolute Gasteiger partial charge is 0.323 e. The van der Waals surface area contributed by atoms with Crippen molar-refractivity contribution in [3.63, 3.8) is 0 Å². The third-order valence-electron chi connectivity index (χ3n) is 4.18. The quantitative estimate of drug-likeness (QED) is 0.479. The highest BCUT2D eigenvalue weighted by atomic mass is 16.7. The molecular weight excluding hydrogens is 358 g/mol. The Labute approximate surface area is 160 Å². The molecule has 2 N–H and O–H groups in total. The Kier molecular flexibility index (Phi) is 4.94. The number of carboxylic acids is 1. The molecule has 0 saturated carbocycles. The van der Waals surface area contributed by atoms with Crippen LogP contribution in [0.2, 0.25) is 0 Å². The summed E-state index contributed by atoms with van der Waals surface area (Å²) in [6.45, 7) is -0.232. The third-order valence-corrected chi connectivity index (χ3v) is 4.18. The fraction of sp³-hybridized carbons (Fsp3) is 0.100. The number of aromatic nitrogens is 4. The van der Waals surface area contributed by atoms with Crippen LogP contribution < -0.4 is 5.48 Å². The highest BCUT2D eigenvalue weighted by Crippen LogP contribution is 2.27. The summed E-state index contributed by atoms with van der Waals surface area (Å²) in [5, 5.41) is 9.01. The van der Waals surface area contributed by atoms with Crippen molar-refractivity contribution in [2.24, 2.45) is 0 Å². The van der Waals surface area contributed by atoms with E-state index in [-0.39, 0.29) is 12.6 Å². The first-order chi connectivity index (χ1) is 13.7. The molecule has 8 nitrogen and oxygen atoms in total. The van der Waals surface area contributed by atoms with Crippen LogP contribution in [0.15, 0.2) is 73.3 Å². The molecule has 0 bridgehead atoms. The van der Waals surface area contributed by atoms with Gasteiger partial charge in [-0.25, -0.2) is 20.4 Å². The lowest BCUT2D eigenvalue weighted by Gasteiger charge is -2.19. The predicted octanol–water partition coefficient (Wildman–Crippen LogP) is 3.04. The van der Waals surface area contributed by atoms with Crippen LogP contribution in [0.4, 0.5) is 5.82 Å². The number of hydrogen-bond donors (Lipinski definition) is 2. The topological polar surface area (TPSA) is 102 Å². The summed E-state index contributed by atoms with van der Waals surface area (Å²) in [6.07, 6.45) is 2.40. The normalized spacial score (nSPS) is 11.0. The molecular formula is C20H17N5O3. The molecule has 0 aliphatic heterocycles. The summed E-state index contributed by atoms with van der Waals surface area (Å²) >= 11 is 0. The summed E-state index contributed by atoms with van der Waals surface area (Å²) < 4.78 is 1.44. The summed E-state index contributed by atoms with van der Waals surface area (Å²) in [5.74, 6) is -0.608. The number of fused-ring (bicyclic) bond motifs is 1. The van der Waals surface area contributed by atoms with Crippen molar-refractivity contribution in [2.75, 3.05) is 5.48 Å². The molecule has 8 heteroatoms. The van der Waals surface area contributed by atoms with E-state index >= 15 is 0 Å². The second-order valence-corrected chi connectivity index (χ2v) is 6.08. The molecule has 0 aliphatic rings. The zero-order valence-electron chi connectivity index (χ0n) is 14.8. The van der Waals surface area contributed by atoms with Crippen molar-refractivity contribution >= 4 is 23.0 Å². The van der Waals surface area contributed by atoms with E-state index in [1.807, 2.05) is 60.7 Å². The number of carboxylic acid groups (broad SMARTS) is 1. The number of carbonyl (C=O) groups is 1. The monoisotopic (exact) mass is 375 g/mol. The predicted molar refractivity (Wildman–Crippen MR) is 102 cm³/mol. The molecule has 2 aromatic carbocycles. The van der Waals surface area contributed by atoms with Crippen molar-refractivity contribution < 1.29 is 14.7 Å². The number of imidazole rings is 1. The van der Waals surface area contributed by atoms with Crippen LogP contribution in [0.25, 0.3) is 11.2 Å². The van der Waals surface area contributed by atoms with Gasteiger partial charge in [0, 0.05) is 0 Å². The van der Waals surface area contributed by atoms with E-state index in [0.29, 0.717) is 17.0 Å². The minimum Gasteiger partial charge on any atom is -0.480 e. The van der Waals surface area contributed by atoms with E-state index in [1.165, 1.54) is 17.2 Å². The maximum atomic E-state index is 11.0. The van der Waals surface area contributed by atoms with Crippen LogP contribution in [-0.4, -0.2) is 30.6 Å². The second kappa shape index (κ2) is 7.85. The van der Waals surface area contributed by atoms with Crippen LogP contribution >= 0.6 is 0 Å². The zero-order valence-corrected chi connectivity index (χ0v) is 14.8. The van der Waals surface area contributed by atoms with E-state index in [1.54, 1.807) is 0 Å². The molecule has 0 aliphatic carbocycles. The minimum absolute atomic E-state index is 0.232. The lowest BCUT2D eigenvalue weighted by atomic mass is 10.0. The van der Waals surface area contributed by atoms with Crippen molar-refractivity contribution in [3.05, 3.63) is 84.4 Å². The molecule has 0 atom stereocenters. The van der Waals surface area contributed by atoms with Gasteiger partial charge in [-0.05, 0) is 11.1 Å². The highest BCUT2D eigenvalue weighted by Gasteiger charge is 2.17. The summed E-state index contributed by atoms with van der Waals surface area (Å²) in [6, 6.07) is 19.6. The van der Waals surface area contributed by atoms with Gasteiger partial charge in [0.05, 0.1) is 6.33 Å². The molecule has 0 amide bonds. The number of nitrogens with one attached hydrogen (secondary N) is 1. The van der Waals surface area contributed by atoms with Gasteiger partial charge in [-0.15, -0.1) is 0 Å². The van der Waals surface area contributed by atoms with Gasteiger partial charge in [-0.1, -0.05) is 60.7 Å². The van der Waals surface area contributed by atoms with Crippen LogP contribution in [0, 0.1) is 0 Å². The largest absolute Gasteiger partial charge is 0.480 e. The van der Waals surface area contributed by atoms with Crippen molar-refractivity contribution in [1.29, 1.82) is 0 Å². The van der Waals surface area contributed by atoms with Gasteiger partial charge < -0.3 is 9.67 Å². The van der Waals surface area contributed by atoms with Gasteiger partial charge in [0.2, 0.25) is 0 Å². The Morgan fingerprint density at radius 3 is 2.25 bits per heavy atom. The SMILES string of the molecule is O=C(O)Cn1cnc2c(NOC(c3ccccc3)c3ccccc3)ncnc21. The molecule has 4 aromatic rings. The van der Waals surface area contributed by atoms with Gasteiger partial charge in [-0.3, -0.25) is 9.63 Å². The van der Waals surface area contributed by atoms with Gasteiger partial charge >= 0.3 is 5.97 Å². The van der Waals surface area contributed by atoms with Crippen molar-refractivity contribution in [1.82, 2.24) is 19.5 Å². The number of hydrogen-bond acceptors (Lipinski definition) is 6. The minimum atomic E-state index is -0.975. The van der Waals surface area contributed by atoms with Crippen molar-refractivity contribution in [3.8, 4) is 0 Å². The molecule has 0 unspecified atom stereocenters. The van der Waals surface area contributed by atoms with E-state index < -0.39 is 5.97 Å². The first-order valence-electron chi connectivity index (χ1n) is 8.61. The van der Waals surface area contributed by atoms with E-state index in [4.69, 9.17) is 9.94 Å². The van der Waals surface area contributed by atoms with Crippen LogP contribution in [0.1, 0.15) is 17.2 Å². The fourth-order valence-electron chi connectivity index (χ4n) is 2.92. The first kappa shape index (κ1) is 17.6. The molecule has 0 spiro atoms. The Hall–Kier alpha value is -3.78. The number of nitrogens with zero attached hydrogens (tertiary/aromatic N) is 4. The number of anilines is 1. The number of rotatable bonds is 7. The average molecular weight is 375 g/mol. The molecule has 0 radical (unpaired) electrons. The molecule has 0 saturated heterocycles. The summed E-state index contributed by atoms with van der Waals surface area (Å²) in [5.41, 5.74) is 5.68. The van der Waals surface area contributed by atoms with Gasteiger partial charge in [0.25, 0.3) is 0 Å². The van der Waals surface area contributed by atoms with Gasteiger partial charge in [0.15, 0.2) is 17.0 Å². The summed E-state index contributed by atoms with van der Waals surface area (Å²) in [7, 11) is 0. The van der Waals surface area contributed by atoms with Crippen LogP contribution in [-0.2, 0) is 16.2 Å². The maximum absolute atomic E-state index is 11.0. The van der Waals surface area contributed by atoms with Crippen LogP contribution in [0.5, 0.6) is 0 Å². The van der Waals surface area contributed by atoms with Crippen LogP contribution in [0.3, 0.4) is 0 Å². The Morgan fingerprint density at radius 2 is 1.64 bits per heavy atom. The fourth-order valence-corrected chi connectivity index (χ4v) is 2.92. The number of benzene rings is 2. The number of aliphatic carboxylic acids is 1. The molecule has 2 aromatic heterocycles. The Bertz CT molecular complexity index is 1040. The standard InChI is InChI=1S/C20H17N5O3/c26-16(27)11-25-13-23-17-19(21-12-22-20(17)25)24-28-18(14-7-3-1-4-8-14)15-9-5-2-6-10-15/h1-10,12-13,18H,11H2,(H,26,27)(H,21,22,24). The molecule has 2 heterocycles. The second-order valence-electron chi connectivity index (χ2n) is 6.08. The lowest BCUT2D eigenvalue weighted by molar-refractivity contribution is -0.137. The average Bonchev–Trinajstić information content (AvgIpc) is 3.13. The van der Waals surface area contributed by atoms with Gasteiger partial charge in [0.1, 0.15) is 19.0 Å². The van der Waals surface area contributed by atoms with E-state index in [0.717, 1.165) is 11.1 Å². The molecule has 4 rings (SSSR count). The first-order valence-corrected chi connectivity index (χ1v) is 8.61.